The highest BCUT2D eigenvalue weighted by Gasteiger charge is 2.22. The van der Waals surface area contributed by atoms with Crippen LogP contribution in [0.25, 0.3) is 0 Å². The van der Waals surface area contributed by atoms with Crippen LogP contribution in [0.3, 0.4) is 0 Å². The summed E-state index contributed by atoms with van der Waals surface area (Å²) in [5, 5.41) is 17.9. The Hall–Kier alpha value is -1.83. The largest absolute Gasteiger partial charge is 0.310 e. The number of nitriles is 1. The van der Waals surface area contributed by atoms with E-state index in [1.54, 1.807) is 0 Å². The number of amides is 1. The highest BCUT2D eigenvalue weighted by Crippen LogP contribution is 2.25. The van der Waals surface area contributed by atoms with E-state index in [2.05, 4.69) is 15.5 Å². The van der Waals surface area contributed by atoms with E-state index in [9.17, 15) is 4.79 Å². The molecule has 1 saturated carbocycles. The predicted molar refractivity (Wildman–Crippen MR) is 58.5 cm³/mol. The lowest BCUT2D eigenvalue weighted by atomic mass is 9.89. The van der Waals surface area contributed by atoms with Gasteiger partial charge >= 0.3 is 0 Å². The monoisotopic (exact) mass is 218 g/mol. The van der Waals surface area contributed by atoms with Gasteiger partial charge in [0, 0.05) is 5.92 Å². The number of nitrogens with zero attached hydrogens (tertiary/aromatic N) is 2. The van der Waals surface area contributed by atoms with Gasteiger partial charge in [0.05, 0.1) is 6.20 Å². The number of hydrogen-bond donors (Lipinski definition) is 2. The zero-order valence-electron chi connectivity index (χ0n) is 8.99. The number of anilines is 1. The molecule has 0 aromatic carbocycles. The minimum absolute atomic E-state index is 0.000417. The molecule has 1 aliphatic carbocycles. The number of aromatic amines is 1. The molecule has 5 heteroatoms. The van der Waals surface area contributed by atoms with Gasteiger partial charge in [-0.25, -0.2) is 0 Å². The van der Waals surface area contributed by atoms with Crippen molar-refractivity contribution in [1.82, 2.24) is 10.2 Å². The molecule has 0 saturated heterocycles. The summed E-state index contributed by atoms with van der Waals surface area (Å²) in [6, 6.07) is 1.98. The Bertz CT molecular complexity index is 412. The smallest absolute Gasteiger partial charge is 0.228 e. The Morgan fingerprint density at radius 3 is 2.94 bits per heavy atom. The van der Waals surface area contributed by atoms with Gasteiger partial charge < -0.3 is 5.32 Å². The molecule has 0 spiro atoms. The van der Waals surface area contributed by atoms with Crippen LogP contribution in [-0.2, 0) is 4.79 Å². The number of aromatic nitrogens is 2. The maximum absolute atomic E-state index is 11.9. The van der Waals surface area contributed by atoms with Crippen molar-refractivity contribution in [2.45, 2.75) is 32.1 Å². The highest BCUT2D eigenvalue weighted by molar-refractivity contribution is 5.92. The number of nitrogens with one attached hydrogen (secondary N) is 2. The van der Waals surface area contributed by atoms with Crippen LogP contribution in [0, 0.1) is 17.2 Å². The number of carbonyl (C=O) groups excluding carboxylic acids is 1. The van der Waals surface area contributed by atoms with E-state index >= 15 is 0 Å². The van der Waals surface area contributed by atoms with Gasteiger partial charge in [0.25, 0.3) is 0 Å². The molecular weight excluding hydrogens is 204 g/mol. The summed E-state index contributed by atoms with van der Waals surface area (Å²) in [6.07, 6.45) is 6.76. The Kier molecular flexibility index (Phi) is 3.20. The van der Waals surface area contributed by atoms with Crippen LogP contribution < -0.4 is 5.32 Å². The van der Waals surface area contributed by atoms with E-state index in [1.165, 1.54) is 12.6 Å². The first-order valence-electron chi connectivity index (χ1n) is 5.55. The number of rotatable bonds is 2. The molecule has 16 heavy (non-hydrogen) atoms. The highest BCUT2D eigenvalue weighted by atomic mass is 16.1. The van der Waals surface area contributed by atoms with Gasteiger partial charge in [0.2, 0.25) is 5.91 Å². The Morgan fingerprint density at radius 1 is 1.50 bits per heavy atom. The first kappa shape index (κ1) is 10.7. The zero-order chi connectivity index (χ0) is 11.4. The predicted octanol–water partition coefficient (Wildman–Crippen LogP) is 1.80. The van der Waals surface area contributed by atoms with E-state index in [0.717, 1.165) is 25.7 Å². The van der Waals surface area contributed by atoms with Crippen molar-refractivity contribution in [2.75, 3.05) is 5.32 Å². The Morgan fingerprint density at radius 2 is 2.25 bits per heavy atom. The first-order valence-corrected chi connectivity index (χ1v) is 5.55. The third-order valence-electron chi connectivity index (χ3n) is 2.98. The van der Waals surface area contributed by atoms with Crippen molar-refractivity contribution in [2.24, 2.45) is 5.92 Å². The van der Waals surface area contributed by atoms with Gasteiger partial charge in [-0.05, 0) is 12.8 Å². The molecule has 1 fully saturated rings. The third kappa shape index (κ3) is 2.22. The fourth-order valence-electron chi connectivity index (χ4n) is 2.06. The molecule has 0 aliphatic heterocycles. The van der Waals surface area contributed by atoms with Crippen LogP contribution in [0.5, 0.6) is 0 Å². The molecule has 84 valence electrons. The molecule has 0 radical (unpaired) electrons. The third-order valence-corrected chi connectivity index (χ3v) is 2.98. The summed E-state index contributed by atoms with van der Waals surface area (Å²) >= 11 is 0. The van der Waals surface area contributed by atoms with E-state index in [4.69, 9.17) is 5.26 Å². The zero-order valence-corrected chi connectivity index (χ0v) is 8.99. The van der Waals surface area contributed by atoms with Crippen LogP contribution >= 0.6 is 0 Å². The van der Waals surface area contributed by atoms with Gasteiger partial charge in [-0.2, -0.15) is 10.4 Å². The second kappa shape index (κ2) is 4.79. The topological polar surface area (TPSA) is 81.6 Å². The standard InChI is InChI=1S/C11H14N4O/c12-6-9-7-13-15-10(9)14-11(16)8-4-2-1-3-5-8/h7-8H,1-5H2,(H2,13,14,15,16). The average Bonchev–Trinajstić information content (AvgIpc) is 2.77. The lowest BCUT2D eigenvalue weighted by Gasteiger charge is -2.20. The summed E-state index contributed by atoms with van der Waals surface area (Å²) in [4.78, 5) is 11.9. The van der Waals surface area contributed by atoms with Gasteiger partial charge in [-0.15, -0.1) is 0 Å². The summed E-state index contributed by atoms with van der Waals surface area (Å²) < 4.78 is 0. The summed E-state index contributed by atoms with van der Waals surface area (Å²) in [6.45, 7) is 0. The maximum atomic E-state index is 11.9. The van der Waals surface area contributed by atoms with Crippen LogP contribution in [0.2, 0.25) is 0 Å². The summed E-state index contributed by atoms with van der Waals surface area (Å²) in [5.41, 5.74) is 0.379. The minimum Gasteiger partial charge on any atom is -0.310 e. The van der Waals surface area contributed by atoms with E-state index < -0.39 is 0 Å². The quantitative estimate of drug-likeness (QED) is 0.794. The lowest BCUT2D eigenvalue weighted by molar-refractivity contribution is -0.120. The average molecular weight is 218 g/mol. The molecule has 1 aliphatic rings. The molecule has 2 rings (SSSR count). The second-order valence-corrected chi connectivity index (χ2v) is 4.09. The minimum atomic E-state index is 0.000417. The van der Waals surface area contributed by atoms with E-state index in [0.29, 0.717) is 11.4 Å². The van der Waals surface area contributed by atoms with Crippen molar-refractivity contribution in [3.63, 3.8) is 0 Å². The fraction of sp³-hybridized carbons (Fsp3) is 0.545. The summed E-state index contributed by atoms with van der Waals surface area (Å²) in [7, 11) is 0. The number of hydrogen-bond acceptors (Lipinski definition) is 3. The normalized spacial score (nSPS) is 16.7. The maximum Gasteiger partial charge on any atom is 0.228 e. The molecule has 1 heterocycles. The van der Waals surface area contributed by atoms with Crippen LogP contribution in [0.1, 0.15) is 37.7 Å². The van der Waals surface area contributed by atoms with Crippen molar-refractivity contribution in [3.05, 3.63) is 11.8 Å². The van der Waals surface area contributed by atoms with Crippen LogP contribution in [0.4, 0.5) is 5.82 Å². The molecular formula is C11H14N4O. The van der Waals surface area contributed by atoms with Crippen LogP contribution in [0.15, 0.2) is 6.20 Å². The number of H-pyrrole nitrogens is 1. The molecule has 0 unspecified atom stereocenters. The van der Waals surface area contributed by atoms with Crippen molar-refractivity contribution < 1.29 is 4.79 Å². The Labute approximate surface area is 93.8 Å². The molecule has 1 amide bonds. The van der Waals surface area contributed by atoms with Gasteiger partial charge in [0.15, 0.2) is 0 Å². The molecule has 2 N–H and O–H groups in total. The van der Waals surface area contributed by atoms with E-state index in [-0.39, 0.29) is 11.8 Å². The van der Waals surface area contributed by atoms with Gasteiger partial charge in [-0.1, -0.05) is 19.3 Å². The number of carbonyl (C=O) groups is 1. The van der Waals surface area contributed by atoms with Crippen LogP contribution in [-0.4, -0.2) is 16.1 Å². The SMILES string of the molecule is N#Cc1cn[nH]c1NC(=O)C1CCCCC1. The molecule has 1 aromatic rings. The molecule has 5 nitrogen and oxygen atoms in total. The van der Waals surface area contributed by atoms with Crippen molar-refractivity contribution >= 4 is 11.7 Å². The lowest BCUT2D eigenvalue weighted by Crippen LogP contribution is -2.25. The first-order chi connectivity index (χ1) is 7.81. The molecule has 1 aromatic heterocycles. The van der Waals surface area contributed by atoms with E-state index in [1.807, 2.05) is 6.07 Å². The van der Waals surface area contributed by atoms with Crippen molar-refractivity contribution in [1.29, 1.82) is 5.26 Å². The second-order valence-electron chi connectivity index (χ2n) is 4.09. The molecule has 0 atom stereocenters. The fourth-order valence-corrected chi connectivity index (χ4v) is 2.06. The van der Waals surface area contributed by atoms with Crippen molar-refractivity contribution in [3.8, 4) is 6.07 Å². The molecule has 0 bridgehead atoms. The van der Waals surface area contributed by atoms with Gasteiger partial charge in [0.1, 0.15) is 17.5 Å². The summed E-state index contributed by atoms with van der Waals surface area (Å²) in [5.74, 6) is 0.502. The van der Waals surface area contributed by atoms with Gasteiger partial charge in [-0.3, -0.25) is 9.89 Å². The Balaban J connectivity index is 1.99.